The molecule has 31 heavy (non-hydrogen) atoms. The van der Waals surface area contributed by atoms with Crippen molar-refractivity contribution in [3.8, 4) is 11.3 Å². The van der Waals surface area contributed by atoms with Crippen LogP contribution in [0.25, 0.3) is 22.2 Å². The van der Waals surface area contributed by atoms with Crippen LogP contribution in [-0.2, 0) is 6.42 Å². The van der Waals surface area contributed by atoms with Gasteiger partial charge in [-0.3, -0.25) is 9.59 Å². The van der Waals surface area contributed by atoms with Crippen LogP contribution in [0.2, 0.25) is 0 Å². The van der Waals surface area contributed by atoms with Crippen molar-refractivity contribution in [3.05, 3.63) is 81.7 Å². The van der Waals surface area contributed by atoms with Crippen LogP contribution in [-0.4, -0.2) is 16.8 Å². The predicted octanol–water partition coefficient (Wildman–Crippen LogP) is 5.49. The fraction of sp³-hybridized carbons (Fsp3) is 0.160. The highest BCUT2D eigenvalue weighted by atomic mass is 32.1. The highest BCUT2D eigenvalue weighted by Crippen LogP contribution is 2.34. The van der Waals surface area contributed by atoms with Crippen LogP contribution < -0.4 is 11.1 Å². The van der Waals surface area contributed by atoms with E-state index in [0.29, 0.717) is 22.5 Å². The number of nitrogens with one attached hydrogen (secondary N) is 1. The van der Waals surface area contributed by atoms with Gasteiger partial charge in [0.2, 0.25) is 0 Å². The van der Waals surface area contributed by atoms with E-state index in [1.54, 1.807) is 6.07 Å². The number of para-hydroxylation sites is 1. The van der Waals surface area contributed by atoms with Crippen molar-refractivity contribution in [1.82, 2.24) is 4.98 Å². The van der Waals surface area contributed by atoms with Crippen LogP contribution in [0.4, 0.5) is 5.00 Å². The minimum atomic E-state index is -0.531. The molecule has 0 unspecified atom stereocenters. The fourth-order valence-electron chi connectivity index (χ4n) is 3.76. The molecule has 0 aliphatic heterocycles. The molecule has 2 aromatic heterocycles. The van der Waals surface area contributed by atoms with Gasteiger partial charge in [0.15, 0.2) is 0 Å². The topological polar surface area (TPSA) is 85.1 Å². The number of rotatable bonds is 5. The summed E-state index contributed by atoms with van der Waals surface area (Å²) in [6, 6.07) is 17.4. The van der Waals surface area contributed by atoms with Crippen molar-refractivity contribution in [1.29, 1.82) is 0 Å². The van der Waals surface area contributed by atoms with Gasteiger partial charge in [-0.25, -0.2) is 4.98 Å². The minimum absolute atomic E-state index is 0.293. The molecule has 2 amide bonds. The van der Waals surface area contributed by atoms with E-state index in [1.807, 2.05) is 69.3 Å². The van der Waals surface area contributed by atoms with Gasteiger partial charge in [-0.05, 0) is 38.0 Å². The molecule has 2 heterocycles. The zero-order valence-electron chi connectivity index (χ0n) is 17.7. The molecule has 5 nitrogen and oxygen atoms in total. The first-order valence-electron chi connectivity index (χ1n) is 10.1. The van der Waals surface area contributed by atoms with E-state index >= 15 is 0 Å². The second-order valence-corrected chi connectivity index (χ2v) is 8.68. The summed E-state index contributed by atoms with van der Waals surface area (Å²) in [5.74, 6) is -0.824. The average molecular weight is 430 g/mol. The SMILES string of the molecule is CCc1c(C)sc(NC(=O)c2cc(-c3ccc(C)cc3)nc3ccccc23)c1C(N)=O. The molecule has 0 fully saturated rings. The molecule has 0 radical (unpaired) electrons. The first-order chi connectivity index (χ1) is 14.9. The molecule has 0 saturated carbocycles. The third-order valence-corrected chi connectivity index (χ3v) is 6.41. The van der Waals surface area contributed by atoms with Crippen LogP contribution in [0.3, 0.4) is 0 Å². The lowest BCUT2D eigenvalue weighted by Gasteiger charge is -2.11. The number of amides is 2. The molecule has 0 saturated heterocycles. The quantitative estimate of drug-likeness (QED) is 0.440. The molecule has 0 aliphatic rings. The zero-order valence-corrected chi connectivity index (χ0v) is 18.5. The summed E-state index contributed by atoms with van der Waals surface area (Å²) in [5.41, 5.74) is 10.9. The van der Waals surface area contributed by atoms with Gasteiger partial charge in [-0.1, -0.05) is 55.0 Å². The number of nitrogens with two attached hydrogens (primary N) is 1. The third kappa shape index (κ3) is 3.94. The summed E-state index contributed by atoms with van der Waals surface area (Å²) in [7, 11) is 0. The van der Waals surface area contributed by atoms with Gasteiger partial charge in [-0.15, -0.1) is 11.3 Å². The largest absolute Gasteiger partial charge is 0.365 e. The van der Waals surface area contributed by atoms with Crippen molar-refractivity contribution < 1.29 is 9.59 Å². The van der Waals surface area contributed by atoms with Gasteiger partial charge >= 0.3 is 0 Å². The van der Waals surface area contributed by atoms with Crippen LogP contribution in [0.5, 0.6) is 0 Å². The Balaban J connectivity index is 1.81. The Hall–Kier alpha value is -3.51. The number of thiophene rings is 1. The summed E-state index contributed by atoms with van der Waals surface area (Å²) in [6.07, 6.45) is 0.673. The molecule has 0 aliphatic carbocycles. The molecular formula is C25H23N3O2S. The van der Waals surface area contributed by atoms with Crippen LogP contribution in [0.1, 0.15) is 43.6 Å². The molecule has 2 aromatic carbocycles. The third-order valence-electron chi connectivity index (χ3n) is 5.34. The lowest BCUT2D eigenvalue weighted by Crippen LogP contribution is -2.18. The van der Waals surface area contributed by atoms with E-state index in [-0.39, 0.29) is 5.91 Å². The molecule has 3 N–H and O–H groups in total. The highest BCUT2D eigenvalue weighted by Gasteiger charge is 2.22. The average Bonchev–Trinajstić information content (AvgIpc) is 3.08. The Kier molecular flexibility index (Phi) is 5.57. The number of aryl methyl sites for hydroxylation is 2. The van der Waals surface area contributed by atoms with Gasteiger partial charge < -0.3 is 11.1 Å². The zero-order chi connectivity index (χ0) is 22.1. The number of carbonyl (C=O) groups is 2. The van der Waals surface area contributed by atoms with E-state index < -0.39 is 5.91 Å². The van der Waals surface area contributed by atoms with Crippen molar-refractivity contribution in [2.75, 3.05) is 5.32 Å². The lowest BCUT2D eigenvalue weighted by atomic mass is 10.0. The van der Waals surface area contributed by atoms with Crippen molar-refractivity contribution in [2.24, 2.45) is 5.73 Å². The number of anilines is 1. The molecule has 4 aromatic rings. The highest BCUT2D eigenvalue weighted by molar-refractivity contribution is 7.16. The predicted molar refractivity (Wildman–Crippen MR) is 127 cm³/mol. The number of pyridine rings is 1. The van der Waals surface area contributed by atoms with Crippen molar-refractivity contribution in [2.45, 2.75) is 27.2 Å². The van der Waals surface area contributed by atoms with Gasteiger partial charge in [0.25, 0.3) is 11.8 Å². The summed E-state index contributed by atoms with van der Waals surface area (Å²) in [4.78, 5) is 31.2. The number of benzene rings is 2. The van der Waals surface area contributed by atoms with Crippen LogP contribution >= 0.6 is 11.3 Å². The standard InChI is InChI=1S/C25H23N3O2S/c1-4-17-15(3)31-25(22(17)23(26)29)28-24(30)19-13-21(16-11-9-14(2)10-12-16)27-20-8-6-5-7-18(19)20/h5-13H,4H2,1-3H3,(H2,26,29)(H,28,30). The normalized spacial score (nSPS) is 10.9. The minimum Gasteiger partial charge on any atom is -0.365 e. The second-order valence-electron chi connectivity index (χ2n) is 7.45. The van der Waals surface area contributed by atoms with E-state index in [1.165, 1.54) is 11.3 Å². The molecule has 0 atom stereocenters. The Morgan fingerprint density at radius 2 is 1.77 bits per heavy atom. The Morgan fingerprint density at radius 1 is 1.06 bits per heavy atom. The maximum Gasteiger partial charge on any atom is 0.257 e. The first-order valence-corrected chi connectivity index (χ1v) is 10.9. The molecule has 4 rings (SSSR count). The monoisotopic (exact) mass is 429 g/mol. The number of fused-ring (bicyclic) bond motifs is 1. The van der Waals surface area contributed by atoms with E-state index in [4.69, 9.17) is 10.7 Å². The van der Waals surface area contributed by atoms with E-state index in [0.717, 1.165) is 38.2 Å². The van der Waals surface area contributed by atoms with Crippen molar-refractivity contribution in [3.63, 3.8) is 0 Å². The molecule has 6 heteroatoms. The van der Waals surface area contributed by atoms with Gasteiger partial charge in [-0.2, -0.15) is 0 Å². The molecule has 0 spiro atoms. The maximum absolute atomic E-state index is 13.4. The van der Waals surface area contributed by atoms with Gasteiger partial charge in [0.05, 0.1) is 22.3 Å². The smallest absolute Gasteiger partial charge is 0.257 e. The Bertz CT molecular complexity index is 1310. The van der Waals surface area contributed by atoms with Gasteiger partial charge in [0.1, 0.15) is 5.00 Å². The number of carbonyl (C=O) groups excluding carboxylic acids is 2. The van der Waals surface area contributed by atoms with Crippen LogP contribution in [0.15, 0.2) is 54.6 Å². The number of hydrogen-bond donors (Lipinski definition) is 2. The molecule has 156 valence electrons. The summed E-state index contributed by atoms with van der Waals surface area (Å²) in [5, 5.41) is 4.18. The Morgan fingerprint density at radius 3 is 2.45 bits per heavy atom. The molecule has 0 bridgehead atoms. The maximum atomic E-state index is 13.4. The number of nitrogens with zero attached hydrogens (tertiary/aromatic N) is 1. The first kappa shape index (κ1) is 20.8. The van der Waals surface area contributed by atoms with Crippen molar-refractivity contribution >= 4 is 39.1 Å². The van der Waals surface area contributed by atoms with E-state index in [9.17, 15) is 9.59 Å². The molecular weight excluding hydrogens is 406 g/mol. The number of aromatic nitrogens is 1. The number of hydrogen-bond acceptors (Lipinski definition) is 4. The second kappa shape index (κ2) is 8.32. The lowest BCUT2D eigenvalue weighted by molar-refractivity contribution is 0.100. The Labute approximate surface area is 184 Å². The summed E-state index contributed by atoms with van der Waals surface area (Å²) < 4.78 is 0. The summed E-state index contributed by atoms with van der Waals surface area (Å²) in [6.45, 7) is 5.93. The van der Waals surface area contributed by atoms with Crippen LogP contribution in [0, 0.1) is 13.8 Å². The van der Waals surface area contributed by atoms with E-state index in [2.05, 4.69) is 5.32 Å². The fourth-order valence-corrected chi connectivity index (χ4v) is 4.90. The van der Waals surface area contributed by atoms with Gasteiger partial charge in [0, 0.05) is 15.8 Å². The number of primary amides is 1. The summed E-state index contributed by atoms with van der Waals surface area (Å²) >= 11 is 1.38.